The Balaban J connectivity index is 2.42. The van der Waals surface area contributed by atoms with E-state index in [2.05, 4.69) is 18.7 Å². The summed E-state index contributed by atoms with van der Waals surface area (Å²) in [6, 6.07) is 0. The van der Waals surface area contributed by atoms with Crippen molar-refractivity contribution in [2.45, 2.75) is 39.5 Å². The van der Waals surface area contributed by atoms with Crippen molar-refractivity contribution < 1.29 is 5.11 Å². The van der Waals surface area contributed by atoms with Crippen LogP contribution in [-0.2, 0) is 0 Å². The molecule has 0 aromatic carbocycles. The fourth-order valence-corrected chi connectivity index (χ4v) is 2.63. The Hall–Kier alpha value is -0.120. The summed E-state index contributed by atoms with van der Waals surface area (Å²) in [6.07, 6.45) is 4.62. The maximum absolute atomic E-state index is 9.11. The second-order valence-corrected chi connectivity index (χ2v) is 5.31. The van der Waals surface area contributed by atoms with Crippen LogP contribution < -0.4 is 5.73 Å². The predicted octanol–water partition coefficient (Wildman–Crippen LogP) is 1.46. The third-order valence-corrected chi connectivity index (χ3v) is 4.46. The lowest BCUT2D eigenvalue weighted by molar-refractivity contribution is 0.0867. The van der Waals surface area contributed by atoms with Crippen LogP contribution >= 0.6 is 0 Å². The van der Waals surface area contributed by atoms with Crippen molar-refractivity contribution in [2.75, 3.05) is 32.8 Å². The minimum absolute atomic E-state index is 0.312. The first-order chi connectivity index (χ1) is 7.69. The first-order valence-electron chi connectivity index (χ1n) is 6.73. The third-order valence-electron chi connectivity index (χ3n) is 4.46. The minimum atomic E-state index is 0.312. The fraction of sp³-hybridized carbons (Fsp3) is 1.00. The largest absolute Gasteiger partial charge is 0.396 e. The van der Waals surface area contributed by atoms with Crippen LogP contribution in [0.4, 0.5) is 0 Å². The maximum atomic E-state index is 9.11. The second kappa shape index (κ2) is 6.58. The zero-order valence-corrected chi connectivity index (χ0v) is 10.9. The van der Waals surface area contributed by atoms with Gasteiger partial charge in [-0.1, -0.05) is 13.8 Å². The summed E-state index contributed by atoms with van der Waals surface area (Å²) in [4.78, 5) is 2.53. The van der Waals surface area contributed by atoms with Gasteiger partial charge in [0, 0.05) is 13.2 Å². The molecule has 16 heavy (non-hydrogen) atoms. The highest BCUT2D eigenvalue weighted by atomic mass is 16.3. The molecule has 3 heteroatoms. The molecule has 0 amide bonds. The lowest BCUT2D eigenvalue weighted by Gasteiger charge is -2.39. The van der Waals surface area contributed by atoms with E-state index >= 15 is 0 Å². The lowest BCUT2D eigenvalue weighted by Crippen LogP contribution is -2.45. The van der Waals surface area contributed by atoms with Gasteiger partial charge in [-0.15, -0.1) is 0 Å². The SMILES string of the molecule is CCC(CC)(CN)CN1CCC(CO)CC1. The minimum Gasteiger partial charge on any atom is -0.396 e. The van der Waals surface area contributed by atoms with Crippen LogP contribution in [-0.4, -0.2) is 42.8 Å². The average Bonchev–Trinajstić information content (AvgIpc) is 2.37. The van der Waals surface area contributed by atoms with Gasteiger partial charge in [0.05, 0.1) is 0 Å². The molecule has 3 nitrogen and oxygen atoms in total. The lowest BCUT2D eigenvalue weighted by atomic mass is 9.81. The van der Waals surface area contributed by atoms with E-state index in [-0.39, 0.29) is 0 Å². The molecule has 0 atom stereocenters. The molecule has 0 unspecified atom stereocenters. The molecule has 0 aliphatic carbocycles. The fourth-order valence-electron chi connectivity index (χ4n) is 2.63. The standard InChI is InChI=1S/C13H28N2O/c1-3-13(4-2,10-14)11-15-7-5-12(9-16)6-8-15/h12,16H,3-11,14H2,1-2H3. The average molecular weight is 228 g/mol. The van der Waals surface area contributed by atoms with Gasteiger partial charge >= 0.3 is 0 Å². The molecule has 1 rings (SSSR count). The number of rotatable bonds is 6. The maximum Gasteiger partial charge on any atom is 0.0460 e. The number of aliphatic hydroxyl groups is 1. The molecule has 1 heterocycles. The zero-order valence-electron chi connectivity index (χ0n) is 10.9. The first kappa shape index (κ1) is 13.9. The van der Waals surface area contributed by atoms with Crippen molar-refractivity contribution in [3.63, 3.8) is 0 Å². The molecule has 0 aromatic rings. The zero-order chi connectivity index (χ0) is 12.0. The number of aliphatic hydroxyl groups excluding tert-OH is 1. The van der Waals surface area contributed by atoms with Gasteiger partial charge in [-0.25, -0.2) is 0 Å². The highest BCUT2D eigenvalue weighted by Crippen LogP contribution is 2.28. The molecule has 0 bridgehead atoms. The van der Waals surface area contributed by atoms with Crippen LogP contribution in [0.5, 0.6) is 0 Å². The Kier molecular flexibility index (Phi) is 5.73. The van der Waals surface area contributed by atoms with E-state index in [0.29, 0.717) is 17.9 Å². The first-order valence-corrected chi connectivity index (χ1v) is 6.73. The number of nitrogens with zero attached hydrogens (tertiary/aromatic N) is 1. The van der Waals surface area contributed by atoms with Gasteiger partial charge < -0.3 is 15.7 Å². The highest BCUT2D eigenvalue weighted by molar-refractivity contribution is 4.83. The number of likely N-dealkylation sites (tertiary alicyclic amines) is 1. The van der Waals surface area contributed by atoms with Crippen molar-refractivity contribution in [1.82, 2.24) is 4.90 Å². The molecule has 0 spiro atoms. The van der Waals surface area contributed by atoms with Crippen molar-refractivity contribution in [3.8, 4) is 0 Å². The van der Waals surface area contributed by atoms with Crippen molar-refractivity contribution >= 4 is 0 Å². The Morgan fingerprint density at radius 3 is 2.19 bits per heavy atom. The van der Waals surface area contributed by atoms with Gasteiger partial charge in [-0.2, -0.15) is 0 Å². The van der Waals surface area contributed by atoms with Gasteiger partial charge in [0.15, 0.2) is 0 Å². The second-order valence-electron chi connectivity index (χ2n) is 5.31. The normalized spacial score (nSPS) is 20.2. The molecule has 96 valence electrons. The van der Waals surface area contributed by atoms with E-state index < -0.39 is 0 Å². The van der Waals surface area contributed by atoms with Gasteiger partial charge in [0.1, 0.15) is 0 Å². The van der Waals surface area contributed by atoms with Crippen molar-refractivity contribution in [3.05, 3.63) is 0 Å². The topological polar surface area (TPSA) is 49.5 Å². The van der Waals surface area contributed by atoms with E-state index in [1.165, 1.54) is 12.8 Å². The van der Waals surface area contributed by atoms with E-state index in [1.54, 1.807) is 0 Å². The van der Waals surface area contributed by atoms with Crippen LogP contribution in [0.25, 0.3) is 0 Å². The third kappa shape index (κ3) is 3.44. The van der Waals surface area contributed by atoms with Crippen LogP contribution in [0.1, 0.15) is 39.5 Å². The summed E-state index contributed by atoms with van der Waals surface area (Å²) >= 11 is 0. The van der Waals surface area contributed by atoms with Crippen molar-refractivity contribution in [1.29, 1.82) is 0 Å². The monoisotopic (exact) mass is 228 g/mol. The number of hydrogen-bond acceptors (Lipinski definition) is 3. The summed E-state index contributed by atoms with van der Waals surface area (Å²) < 4.78 is 0. The molecule has 1 saturated heterocycles. The van der Waals surface area contributed by atoms with Gasteiger partial charge in [-0.3, -0.25) is 0 Å². The molecular weight excluding hydrogens is 200 g/mol. The van der Waals surface area contributed by atoms with Gasteiger partial charge in [-0.05, 0) is 56.7 Å². The Bertz CT molecular complexity index is 176. The molecule has 1 fully saturated rings. The number of hydrogen-bond donors (Lipinski definition) is 2. The van der Waals surface area contributed by atoms with E-state index in [0.717, 1.165) is 39.0 Å². The Morgan fingerprint density at radius 1 is 1.25 bits per heavy atom. The van der Waals surface area contributed by atoms with Gasteiger partial charge in [0.25, 0.3) is 0 Å². The summed E-state index contributed by atoms with van der Waals surface area (Å²) in [5.41, 5.74) is 6.24. The van der Waals surface area contributed by atoms with Crippen molar-refractivity contribution in [2.24, 2.45) is 17.1 Å². The molecule has 0 saturated carbocycles. The molecule has 1 aliphatic heterocycles. The summed E-state index contributed by atoms with van der Waals surface area (Å²) in [5.74, 6) is 0.534. The van der Waals surface area contributed by atoms with E-state index in [9.17, 15) is 0 Å². The number of piperidine rings is 1. The van der Waals surface area contributed by atoms with E-state index in [4.69, 9.17) is 10.8 Å². The summed E-state index contributed by atoms with van der Waals surface area (Å²) in [5, 5.41) is 9.11. The van der Waals surface area contributed by atoms with Gasteiger partial charge in [0.2, 0.25) is 0 Å². The predicted molar refractivity (Wildman–Crippen MR) is 68.3 cm³/mol. The Labute approximate surface area is 100 Å². The summed E-state index contributed by atoms with van der Waals surface area (Å²) in [6.45, 7) is 9.04. The summed E-state index contributed by atoms with van der Waals surface area (Å²) in [7, 11) is 0. The molecule has 0 radical (unpaired) electrons. The quantitative estimate of drug-likeness (QED) is 0.723. The molecular formula is C13H28N2O. The Morgan fingerprint density at radius 2 is 1.81 bits per heavy atom. The smallest absolute Gasteiger partial charge is 0.0460 e. The van der Waals surface area contributed by atoms with Crippen LogP contribution in [0.15, 0.2) is 0 Å². The van der Waals surface area contributed by atoms with Crippen LogP contribution in [0, 0.1) is 11.3 Å². The highest BCUT2D eigenvalue weighted by Gasteiger charge is 2.29. The molecule has 0 aromatic heterocycles. The molecule has 3 N–H and O–H groups in total. The van der Waals surface area contributed by atoms with Crippen LogP contribution in [0.2, 0.25) is 0 Å². The van der Waals surface area contributed by atoms with Crippen LogP contribution in [0.3, 0.4) is 0 Å². The molecule has 1 aliphatic rings. The van der Waals surface area contributed by atoms with E-state index in [1.807, 2.05) is 0 Å². The number of nitrogens with two attached hydrogens (primary N) is 1.